The third-order valence-corrected chi connectivity index (χ3v) is 9.64. The molecular weight excluding hydrogens is 535 g/mol. The topological polar surface area (TPSA) is 96.2 Å². The highest BCUT2D eigenvalue weighted by Crippen LogP contribution is 2.30. The molecule has 9 nitrogen and oxygen atoms in total. The number of piperazine rings is 1. The van der Waals surface area contributed by atoms with E-state index in [4.69, 9.17) is 9.26 Å². The van der Waals surface area contributed by atoms with Crippen LogP contribution in [-0.4, -0.2) is 75.1 Å². The number of hydrogen-bond acceptors (Lipinski definition) is 7. The first-order chi connectivity index (χ1) is 19.3. The second kappa shape index (κ2) is 11.8. The van der Waals surface area contributed by atoms with Crippen molar-refractivity contribution < 1.29 is 26.9 Å². The van der Waals surface area contributed by atoms with E-state index in [1.165, 1.54) is 22.5 Å². The van der Waals surface area contributed by atoms with Gasteiger partial charge in [-0.05, 0) is 62.2 Å². The van der Waals surface area contributed by atoms with Gasteiger partial charge in [-0.2, -0.15) is 4.31 Å². The molecule has 11 heteroatoms. The molecule has 5 rings (SSSR count). The molecule has 0 aliphatic carbocycles. The zero-order chi connectivity index (χ0) is 28.3. The standard InChI is InChI=1S/C29H33FN4O5S/c1-21-28(27(39-31-21)12-7-22-5-3-4-6-26(22)30)40(36,37)34-15-13-23(14-16-34)29(35)33-19-17-32(18-20-33)24-8-10-25(38-2)11-9-24/h3-12,23H,13-20H2,1-2H3/b12-7+. The van der Waals surface area contributed by atoms with Crippen molar-refractivity contribution in [2.75, 3.05) is 51.3 Å². The van der Waals surface area contributed by atoms with Gasteiger partial charge in [-0.25, -0.2) is 12.8 Å². The first-order valence-corrected chi connectivity index (χ1v) is 14.8. The van der Waals surface area contributed by atoms with Gasteiger partial charge in [0.15, 0.2) is 10.7 Å². The van der Waals surface area contributed by atoms with Gasteiger partial charge in [0.25, 0.3) is 0 Å². The summed E-state index contributed by atoms with van der Waals surface area (Å²) in [6.07, 6.45) is 3.78. The third kappa shape index (κ3) is 5.75. The molecule has 212 valence electrons. The number of amides is 1. The fraction of sp³-hybridized carbons (Fsp3) is 0.379. The predicted molar refractivity (Wildman–Crippen MR) is 150 cm³/mol. The van der Waals surface area contributed by atoms with Crippen molar-refractivity contribution in [1.29, 1.82) is 0 Å². The molecule has 0 radical (unpaired) electrons. The van der Waals surface area contributed by atoms with E-state index < -0.39 is 15.8 Å². The van der Waals surface area contributed by atoms with Gasteiger partial charge in [0.1, 0.15) is 17.3 Å². The minimum atomic E-state index is -3.92. The van der Waals surface area contributed by atoms with Gasteiger partial charge in [-0.15, -0.1) is 0 Å². The summed E-state index contributed by atoms with van der Waals surface area (Å²) in [6, 6.07) is 14.1. The molecule has 2 aromatic carbocycles. The van der Waals surface area contributed by atoms with Crippen LogP contribution in [0.3, 0.4) is 0 Å². The predicted octanol–water partition coefficient (Wildman–Crippen LogP) is 4.05. The Balaban J connectivity index is 1.19. The molecular formula is C29H33FN4O5S. The number of methoxy groups -OCH3 is 1. The maximum atomic E-state index is 14.0. The summed E-state index contributed by atoms with van der Waals surface area (Å²) in [5.74, 6) is 0.298. The van der Waals surface area contributed by atoms with Gasteiger partial charge in [0.05, 0.1) is 7.11 Å². The molecule has 0 bridgehead atoms. The molecule has 0 N–H and O–H groups in total. The van der Waals surface area contributed by atoms with Crippen LogP contribution >= 0.6 is 0 Å². The van der Waals surface area contributed by atoms with E-state index in [1.807, 2.05) is 29.2 Å². The normalized spacial score (nSPS) is 17.5. The van der Waals surface area contributed by atoms with E-state index >= 15 is 0 Å². The number of aryl methyl sites for hydroxylation is 1. The largest absolute Gasteiger partial charge is 0.497 e. The van der Waals surface area contributed by atoms with Crippen LogP contribution in [-0.2, 0) is 14.8 Å². The number of piperidine rings is 1. The van der Waals surface area contributed by atoms with Crippen LogP contribution in [0.4, 0.5) is 10.1 Å². The number of rotatable bonds is 7. The van der Waals surface area contributed by atoms with Crippen molar-refractivity contribution >= 4 is 33.8 Å². The summed E-state index contributed by atoms with van der Waals surface area (Å²) >= 11 is 0. The van der Waals surface area contributed by atoms with E-state index in [1.54, 1.807) is 32.2 Å². The molecule has 0 saturated carbocycles. The highest BCUT2D eigenvalue weighted by molar-refractivity contribution is 7.89. The zero-order valence-electron chi connectivity index (χ0n) is 22.6. The Hall–Kier alpha value is -3.70. The summed E-state index contributed by atoms with van der Waals surface area (Å²) in [5.41, 5.74) is 1.64. The lowest BCUT2D eigenvalue weighted by molar-refractivity contribution is -0.137. The number of benzene rings is 2. The Kier molecular flexibility index (Phi) is 8.22. The van der Waals surface area contributed by atoms with Crippen LogP contribution in [0.5, 0.6) is 5.75 Å². The molecule has 40 heavy (non-hydrogen) atoms. The summed E-state index contributed by atoms with van der Waals surface area (Å²) in [7, 11) is -2.28. The number of carbonyl (C=O) groups excluding carboxylic acids is 1. The number of sulfonamides is 1. The molecule has 3 heterocycles. The lowest BCUT2D eigenvalue weighted by Gasteiger charge is -2.39. The second-order valence-electron chi connectivity index (χ2n) is 10.0. The van der Waals surface area contributed by atoms with Crippen LogP contribution < -0.4 is 9.64 Å². The quantitative estimate of drug-likeness (QED) is 0.424. The van der Waals surface area contributed by atoms with Crippen LogP contribution in [0.25, 0.3) is 12.2 Å². The average Bonchev–Trinajstić information content (AvgIpc) is 3.37. The van der Waals surface area contributed by atoms with Gasteiger partial charge >= 0.3 is 0 Å². The monoisotopic (exact) mass is 568 g/mol. The Bertz CT molecular complexity index is 1470. The molecule has 1 aromatic heterocycles. The van der Waals surface area contributed by atoms with Crippen molar-refractivity contribution in [3.8, 4) is 5.75 Å². The van der Waals surface area contributed by atoms with Crippen LogP contribution in [0.2, 0.25) is 0 Å². The lowest BCUT2D eigenvalue weighted by Crippen LogP contribution is -2.52. The summed E-state index contributed by atoms with van der Waals surface area (Å²) in [5, 5.41) is 3.86. The van der Waals surface area contributed by atoms with Crippen molar-refractivity contribution in [1.82, 2.24) is 14.4 Å². The number of halogens is 1. The Morgan fingerprint density at radius 1 is 1.00 bits per heavy atom. The number of ether oxygens (including phenoxy) is 1. The second-order valence-corrected chi connectivity index (χ2v) is 11.9. The van der Waals surface area contributed by atoms with E-state index in [9.17, 15) is 17.6 Å². The first-order valence-electron chi connectivity index (χ1n) is 13.3. The molecule has 2 aliphatic rings. The summed E-state index contributed by atoms with van der Waals surface area (Å²) < 4.78 is 53.1. The minimum Gasteiger partial charge on any atom is -0.497 e. The van der Waals surface area contributed by atoms with E-state index in [2.05, 4.69) is 10.1 Å². The number of nitrogens with zero attached hydrogens (tertiary/aromatic N) is 4. The summed E-state index contributed by atoms with van der Waals surface area (Å²) in [6.45, 7) is 4.75. The van der Waals surface area contributed by atoms with Crippen LogP contribution in [0.1, 0.15) is 29.9 Å². The average molecular weight is 569 g/mol. The van der Waals surface area contributed by atoms with Gasteiger partial charge < -0.3 is 19.1 Å². The SMILES string of the molecule is COc1ccc(N2CCN(C(=O)C3CCN(S(=O)(=O)c4c(C)noc4/C=C/c4ccccc4F)CC3)CC2)cc1. The minimum absolute atomic E-state index is 0.0282. The van der Waals surface area contributed by atoms with Crippen LogP contribution in [0, 0.1) is 18.7 Å². The number of hydrogen-bond donors (Lipinski definition) is 0. The fourth-order valence-electron chi connectivity index (χ4n) is 5.28. The summed E-state index contributed by atoms with van der Waals surface area (Å²) in [4.78, 5) is 17.4. The van der Waals surface area contributed by atoms with Crippen molar-refractivity contribution in [3.05, 3.63) is 71.4 Å². The first kappa shape index (κ1) is 27.9. The maximum Gasteiger partial charge on any atom is 0.248 e. The van der Waals surface area contributed by atoms with Gasteiger partial charge in [-0.3, -0.25) is 4.79 Å². The Labute approximate surface area is 233 Å². The van der Waals surface area contributed by atoms with Crippen LogP contribution in [0.15, 0.2) is 57.9 Å². The van der Waals surface area contributed by atoms with E-state index in [0.717, 1.165) is 24.5 Å². The van der Waals surface area contributed by atoms with Crippen molar-refractivity contribution in [2.45, 2.75) is 24.7 Å². The smallest absolute Gasteiger partial charge is 0.248 e. The van der Waals surface area contributed by atoms with E-state index in [0.29, 0.717) is 31.5 Å². The van der Waals surface area contributed by atoms with Gasteiger partial charge in [-0.1, -0.05) is 23.4 Å². The lowest BCUT2D eigenvalue weighted by atomic mass is 9.96. The van der Waals surface area contributed by atoms with Gasteiger partial charge in [0, 0.05) is 56.4 Å². The number of aromatic nitrogens is 1. The molecule has 0 atom stereocenters. The maximum absolute atomic E-state index is 14.0. The molecule has 0 unspecified atom stereocenters. The molecule has 1 amide bonds. The van der Waals surface area contributed by atoms with E-state index in [-0.39, 0.29) is 41.3 Å². The van der Waals surface area contributed by atoms with Crippen molar-refractivity contribution in [3.63, 3.8) is 0 Å². The molecule has 2 saturated heterocycles. The highest BCUT2D eigenvalue weighted by atomic mass is 32.2. The zero-order valence-corrected chi connectivity index (χ0v) is 23.4. The Morgan fingerprint density at radius 3 is 2.33 bits per heavy atom. The fourth-order valence-corrected chi connectivity index (χ4v) is 7.00. The molecule has 2 aliphatic heterocycles. The number of anilines is 1. The molecule has 0 spiro atoms. The number of carbonyl (C=O) groups is 1. The van der Waals surface area contributed by atoms with Crippen molar-refractivity contribution in [2.24, 2.45) is 5.92 Å². The molecule has 2 fully saturated rings. The molecule has 3 aromatic rings. The Morgan fingerprint density at radius 2 is 1.68 bits per heavy atom. The van der Waals surface area contributed by atoms with Gasteiger partial charge in [0.2, 0.25) is 15.9 Å². The highest BCUT2D eigenvalue weighted by Gasteiger charge is 2.37. The third-order valence-electron chi connectivity index (χ3n) is 7.58.